The second-order valence-electron chi connectivity index (χ2n) is 6.90. The van der Waals surface area contributed by atoms with Crippen LogP contribution in [0, 0.1) is 5.41 Å². The van der Waals surface area contributed by atoms with Crippen molar-refractivity contribution in [3.8, 4) is 0 Å². The first-order valence-corrected chi connectivity index (χ1v) is 7.78. The van der Waals surface area contributed by atoms with E-state index in [2.05, 4.69) is 59.2 Å². The molecule has 104 valence electrons. The zero-order valence-corrected chi connectivity index (χ0v) is 13.7. The molecular formula is C15H28N2S. The van der Waals surface area contributed by atoms with E-state index in [1.54, 1.807) is 11.3 Å². The molecule has 1 N–H and O–H groups in total. The molecule has 0 bridgehead atoms. The maximum Gasteiger partial charge on any atom is 0.110 e. The monoisotopic (exact) mass is 268 g/mol. The lowest BCUT2D eigenvalue weighted by atomic mass is 9.88. The van der Waals surface area contributed by atoms with Crippen molar-refractivity contribution >= 4 is 11.3 Å². The van der Waals surface area contributed by atoms with Crippen LogP contribution in [-0.2, 0) is 0 Å². The van der Waals surface area contributed by atoms with Crippen LogP contribution in [0.15, 0.2) is 5.38 Å². The number of nitrogens with one attached hydrogen (secondary N) is 1. The van der Waals surface area contributed by atoms with E-state index >= 15 is 0 Å². The van der Waals surface area contributed by atoms with Crippen LogP contribution in [0.3, 0.4) is 0 Å². The Bertz CT molecular complexity index is 361. The molecule has 0 saturated carbocycles. The lowest BCUT2D eigenvalue weighted by Gasteiger charge is -2.27. The van der Waals surface area contributed by atoms with Gasteiger partial charge in [-0.2, -0.15) is 0 Å². The molecule has 1 atom stereocenters. The van der Waals surface area contributed by atoms with Crippen molar-refractivity contribution in [2.24, 2.45) is 5.41 Å². The topological polar surface area (TPSA) is 24.9 Å². The third kappa shape index (κ3) is 5.07. The maximum absolute atomic E-state index is 4.80. The van der Waals surface area contributed by atoms with Crippen LogP contribution in [0.2, 0.25) is 0 Å². The number of nitrogens with zero attached hydrogens (tertiary/aromatic N) is 1. The van der Waals surface area contributed by atoms with Crippen LogP contribution in [-0.4, -0.2) is 11.0 Å². The fourth-order valence-electron chi connectivity index (χ4n) is 1.96. The lowest BCUT2D eigenvalue weighted by Crippen LogP contribution is -2.31. The molecule has 0 aromatic carbocycles. The van der Waals surface area contributed by atoms with Gasteiger partial charge in [0.05, 0.1) is 11.7 Å². The van der Waals surface area contributed by atoms with Gasteiger partial charge < -0.3 is 5.32 Å². The standard InChI is InChI=1S/C15H28N2S/c1-10(2)13-9-18-14(17-13)12(16-11(3)4)8-15(5,6)7/h9-12,16H,8H2,1-7H3. The van der Waals surface area contributed by atoms with Crippen LogP contribution in [0.5, 0.6) is 0 Å². The Hall–Kier alpha value is -0.410. The first-order chi connectivity index (χ1) is 8.19. The molecular weight excluding hydrogens is 240 g/mol. The van der Waals surface area contributed by atoms with Crippen LogP contribution in [0.25, 0.3) is 0 Å². The number of hydrogen-bond acceptors (Lipinski definition) is 3. The van der Waals surface area contributed by atoms with Crippen LogP contribution in [0.4, 0.5) is 0 Å². The highest BCUT2D eigenvalue weighted by Gasteiger charge is 2.23. The predicted molar refractivity (Wildman–Crippen MR) is 81.3 cm³/mol. The minimum Gasteiger partial charge on any atom is -0.306 e. The Labute approximate surface area is 116 Å². The fourth-order valence-corrected chi connectivity index (χ4v) is 3.00. The van der Waals surface area contributed by atoms with E-state index in [-0.39, 0.29) is 0 Å². The molecule has 1 unspecified atom stereocenters. The van der Waals surface area contributed by atoms with Gasteiger partial charge >= 0.3 is 0 Å². The van der Waals surface area contributed by atoms with Crippen molar-refractivity contribution < 1.29 is 0 Å². The first kappa shape index (κ1) is 15.6. The summed E-state index contributed by atoms with van der Waals surface area (Å²) in [5.74, 6) is 0.518. The highest BCUT2D eigenvalue weighted by Crippen LogP contribution is 2.32. The average molecular weight is 268 g/mol. The number of aromatic nitrogens is 1. The van der Waals surface area contributed by atoms with E-state index in [0.29, 0.717) is 23.4 Å². The molecule has 1 aromatic rings. The minimum atomic E-state index is 0.316. The van der Waals surface area contributed by atoms with E-state index < -0.39 is 0 Å². The Morgan fingerprint density at radius 1 is 1.22 bits per heavy atom. The number of rotatable bonds is 5. The van der Waals surface area contributed by atoms with Crippen molar-refractivity contribution in [3.63, 3.8) is 0 Å². The van der Waals surface area contributed by atoms with Crippen molar-refractivity contribution in [2.45, 2.75) is 72.9 Å². The molecule has 18 heavy (non-hydrogen) atoms. The highest BCUT2D eigenvalue weighted by molar-refractivity contribution is 7.09. The summed E-state index contributed by atoms with van der Waals surface area (Å²) < 4.78 is 0. The van der Waals surface area contributed by atoms with Gasteiger partial charge in [-0.1, -0.05) is 48.5 Å². The molecule has 1 aromatic heterocycles. The molecule has 0 aliphatic carbocycles. The first-order valence-electron chi connectivity index (χ1n) is 6.90. The molecule has 0 aliphatic rings. The zero-order chi connectivity index (χ0) is 13.9. The summed E-state index contributed by atoms with van der Waals surface area (Å²) in [6.07, 6.45) is 1.12. The average Bonchev–Trinajstić information content (AvgIpc) is 2.61. The van der Waals surface area contributed by atoms with Gasteiger partial charge in [-0.3, -0.25) is 0 Å². The second-order valence-corrected chi connectivity index (χ2v) is 7.79. The van der Waals surface area contributed by atoms with Crippen molar-refractivity contribution in [2.75, 3.05) is 0 Å². The van der Waals surface area contributed by atoms with Gasteiger partial charge in [0.1, 0.15) is 5.01 Å². The van der Waals surface area contributed by atoms with Crippen molar-refractivity contribution in [1.29, 1.82) is 0 Å². The summed E-state index contributed by atoms with van der Waals surface area (Å²) >= 11 is 1.80. The highest BCUT2D eigenvalue weighted by atomic mass is 32.1. The molecule has 0 fully saturated rings. The number of thiazole rings is 1. The van der Waals surface area contributed by atoms with Gasteiger partial charge in [0.25, 0.3) is 0 Å². The van der Waals surface area contributed by atoms with Crippen LogP contribution in [0.1, 0.15) is 77.5 Å². The minimum absolute atomic E-state index is 0.316. The van der Waals surface area contributed by atoms with Gasteiger partial charge in [-0.05, 0) is 17.8 Å². The SMILES string of the molecule is CC(C)NC(CC(C)(C)C)c1nc(C(C)C)cs1. The largest absolute Gasteiger partial charge is 0.306 e. The molecule has 0 spiro atoms. The third-order valence-corrected chi connectivity index (χ3v) is 3.76. The smallest absolute Gasteiger partial charge is 0.110 e. The normalized spacial score (nSPS) is 14.5. The lowest BCUT2D eigenvalue weighted by molar-refractivity contribution is 0.299. The molecule has 0 radical (unpaired) electrons. The van der Waals surface area contributed by atoms with Crippen LogP contribution < -0.4 is 5.32 Å². The number of hydrogen-bond donors (Lipinski definition) is 1. The molecule has 1 heterocycles. The quantitative estimate of drug-likeness (QED) is 0.834. The summed E-state index contributed by atoms with van der Waals surface area (Å²) in [6, 6.07) is 0.867. The Morgan fingerprint density at radius 3 is 2.22 bits per heavy atom. The third-order valence-electron chi connectivity index (χ3n) is 2.78. The summed E-state index contributed by atoms with van der Waals surface area (Å²) in [7, 11) is 0. The molecule has 0 aliphatic heterocycles. The zero-order valence-electron chi connectivity index (χ0n) is 12.9. The maximum atomic E-state index is 4.80. The van der Waals surface area contributed by atoms with E-state index in [4.69, 9.17) is 4.98 Å². The van der Waals surface area contributed by atoms with E-state index in [9.17, 15) is 0 Å². The second kappa shape index (κ2) is 6.16. The van der Waals surface area contributed by atoms with E-state index in [1.807, 2.05) is 0 Å². The predicted octanol–water partition coefficient (Wildman–Crippen LogP) is 4.74. The van der Waals surface area contributed by atoms with Gasteiger partial charge in [0.15, 0.2) is 0 Å². The molecule has 0 amide bonds. The van der Waals surface area contributed by atoms with Crippen molar-refractivity contribution in [1.82, 2.24) is 10.3 Å². The van der Waals surface area contributed by atoms with Crippen molar-refractivity contribution in [3.05, 3.63) is 16.1 Å². The Kier molecular flexibility index (Phi) is 5.35. The fraction of sp³-hybridized carbons (Fsp3) is 0.800. The summed E-state index contributed by atoms with van der Waals surface area (Å²) in [5, 5.41) is 7.10. The molecule has 3 heteroatoms. The summed E-state index contributed by atoms with van der Waals surface area (Å²) in [5.41, 5.74) is 1.54. The summed E-state index contributed by atoms with van der Waals surface area (Å²) in [4.78, 5) is 4.80. The molecule has 2 nitrogen and oxygen atoms in total. The van der Waals surface area contributed by atoms with E-state index in [0.717, 1.165) is 6.42 Å². The van der Waals surface area contributed by atoms with E-state index in [1.165, 1.54) is 10.7 Å². The van der Waals surface area contributed by atoms with Gasteiger partial charge in [0, 0.05) is 11.4 Å². The van der Waals surface area contributed by atoms with Gasteiger partial charge in [-0.25, -0.2) is 4.98 Å². The Morgan fingerprint density at radius 2 is 1.83 bits per heavy atom. The van der Waals surface area contributed by atoms with Crippen LogP contribution >= 0.6 is 11.3 Å². The van der Waals surface area contributed by atoms with Gasteiger partial charge in [0.2, 0.25) is 0 Å². The van der Waals surface area contributed by atoms with Gasteiger partial charge in [-0.15, -0.1) is 11.3 Å². The Balaban J connectivity index is 2.87. The summed E-state index contributed by atoms with van der Waals surface area (Å²) in [6.45, 7) is 15.7. The molecule has 1 rings (SSSR count). The molecule has 0 saturated heterocycles.